The molecule has 9 heteroatoms. The van der Waals surface area contributed by atoms with Gasteiger partial charge in [0.05, 0.1) is 23.0 Å². The summed E-state index contributed by atoms with van der Waals surface area (Å²) in [5, 5.41) is 11.3. The number of benzene rings is 1. The molecule has 1 aromatic carbocycles. The molecule has 2 N–H and O–H groups in total. The van der Waals surface area contributed by atoms with Gasteiger partial charge in [0.25, 0.3) is 11.6 Å². The smallest absolute Gasteiger partial charge is 0.285 e. The van der Waals surface area contributed by atoms with Gasteiger partial charge in [-0.3, -0.25) is 14.9 Å². The maximum Gasteiger partial charge on any atom is 0.285 e. The lowest BCUT2D eigenvalue weighted by Gasteiger charge is -2.22. The van der Waals surface area contributed by atoms with Gasteiger partial charge in [-0.05, 0) is 30.7 Å². The van der Waals surface area contributed by atoms with Crippen LogP contribution in [0.1, 0.15) is 23.7 Å². The third kappa shape index (κ3) is 3.93. The van der Waals surface area contributed by atoms with E-state index in [1.165, 1.54) is 24.9 Å². The summed E-state index contributed by atoms with van der Waals surface area (Å²) < 4.78 is 5.17. The Balaban J connectivity index is 0.00000288. The third-order valence-electron chi connectivity index (χ3n) is 4.27. The maximum absolute atomic E-state index is 12.8. The normalized spacial score (nSPS) is 19.8. The lowest BCUT2D eigenvalue weighted by Crippen LogP contribution is -2.34. The van der Waals surface area contributed by atoms with Crippen LogP contribution in [-0.4, -0.2) is 48.7 Å². The zero-order chi connectivity index (χ0) is 17.2. The van der Waals surface area contributed by atoms with Gasteiger partial charge in [0.15, 0.2) is 0 Å². The Morgan fingerprint density at radius 1 is 1.54 bits per heavy atom. The average molecular weight is 376 g/mol. The van der Waals surface area contributed by atoms with E-state index in [0.29, 0.717) is 30.3 Å². The first kappa shape index (κ1) is 20.5. The third-order valence-corrected chi connectivity index (χ3v) is 5.03. The number of halogens is 1. The number of likely N-dealkylation sites (tertiary alicyclic amines) is 1. The zero-order valence-electron chi connectivity index (χ0n) is 13.9. The van der Waals surface area contributed by atoms with E-state index < -0.39 is 4.92 Å². The number of nitro benzene ring substituents is 1. The Morgan fingerprint density at radius 2 is 2.21 bits per heavy atom. The molecule has 1 heterocycles. The number of hydrogen-bond acceptors (Lipinski definition) is 6. The number of methoxy groups -OCH3 is 1. The van der Waals surface area contributed by atoms with Crippen LogP contribution in [0.5, 0.6) is 5.75 Å². The topological polar surface area (TPSA) is 98.7 Å². The van der Waals surface area contributed by atoms with Gasteiger partial charge in [-0.25, -0.2) is 0 Å². The first-order valence-electron chi connectivity index (χ1n) is 7.25. The van der Waals surface area contributed by atoms with Crippen molar-refractivity contribution in [1.82, 2.24) is 4.90 Å². The van der Waals surface area contributed by atoms with E-state index >= 15 is 0 Å². The highest BCUT2D eigenvalue weighted by molar-refractivity contribution is 7.98. The first-order chi connectivity index (χ1) is 10.8. The van der Waals surface area contributed by atoms with Gasteiger partial charge in [-0.2, -0.15) is 0 Å². The molecule has 1 fully saturated rings. The van der Waals surface area contributed by atoms with Crippen LogP contribution in [0.2, 0.25) is 0 Å². The van der Waals surface area contributed by atoms with Crippen LogP contribution in [-0.2, 0) is 0 Å². The minimum absolute atomic E-state index is 0. The summed E-state index contributed by atoms with van der Waals surface area (Å²) in [6.07, 6.45) is 2.63. The van der Waals surface area contributed by atoms with E-state index in [1.807, 2.05) is 13.2 Å². The SMILES string of the molecule is COc1cc([N+](=O)[O-])c(C(=O)N2CCC(C)(CN)C2)cc1SC.Cl. The molecule has 1 saturated heterocycles. The standard InChI is InChI=1S/C15H21N3O4S.ClH/c1-15(8-16)4-5-17(9-15)14(19)10-6-13(23-3)12(22-2)7-11(10)18(20)21;/h6-7H,4-5,8-9,16H2,1-3H3;1H. The maximum atomic E-state index is 12.8. The zero-order valence-corrected chi connectivity index (χ0v) is 15.5. The number of ether oxygens (including phenoxy) is 1. The molecule has 1 aliphatic rings. The van der Waals surface area contributed by atoms with Crippen molar-refractivity contribution in [2.45, 2.75) is 18.2 Å². The van der Waals surface area contributed by atoms with Gasteiger partial charge < -0.3 is 15.4 Å². The van der Waals surface area contributed by atoms with Crippen LogP contribution in [0.4, 0.5) is 5.69 Å². The second kappa shape index (κ2) is 8.04. The molecule has 0 spiro atoms. The molecule has 0 bridgehead atoms. The van der Waals surface area contributed by atoms with Crippen LogP contribution < -0.4 is 10.5 Å². The van der Waals surface area contributed by atoms with Crippen LogP contribution in [0.3, 0.4) is 0 Å². The minimum Gasteiger partial charge on any atom is -0.495 e. The fourth-order valence-corrected chi connectivity index (χ4v) is 3.30. The Hall–Kier alpha value is -1.51. The number of nitrogens with zero attached hydrogens (tertiary/aromatic N) is 2. The molecule has 1 atom stereocenters. The molecular formula is C15H22ClN3O4S. The highest BCUT2D eigenvalue weighted by atomic mass is 35.5. The summed E-state index contributed by atoms with van der Waals surface area (Å²) in [6.45, 7) is 3.58. The van der Waals surface area contributed by atoms with E-state index in [9.17, 15) is 14.9 Å². The van der Waals surface area contributed by atoms with Gasteiger partial charge in [0.2, 0.25) is 0 Å². The molecule has 1 aromatic rings. The van der Waals surface area contributed by atoms with E-state index in [4.69, 9.17) is 10.5 Å². The fourth-order valence-electron chi connectivity index (χ4n) is 2.72. The van der Waals surface area contributed by atoms with Crippen molar-refractivity contribution in [2.75, 3.05) is 33.0 Å². The van der Waals surface area contributed by atoms with Crippen molar-refractivity contribution < 1.29 is 14.5 Å². The average Bonchev–Trinajstić information content (AvgIpc) is 2.95. The van der Waals surface area contributed by atoms with Gasteiger partial charge >= 0.3 is 0 Å². The highest BCUT2D eigenvalue weighted by Gasteiger charge is 2.37. The van der Waals surface area contributed by atoms with Gasteiger partial charge in [0.1, 0.15) is 11.3 Å². The summed E-state index contributed by atoms with van der Waals surface area (Å²) in [6, 6.07) is 2.86. The second-order valence-corrected chi connectivity index (χ2v) is 6.82. The molecule has 7 nitrogen and oxygen atoms in total. The van der Waals surface area contributed by atoms with Gasteiger partial charge in [0, 0.05) is 13.1 Å². The summed E-state index contributed by atoms with van der Waals surface area (Å²) in [7, 11) is 1.45. The second-order valence-electron chi connectivity index (χ2n) is 5.97. The number of carbonyl (C=O) groups is 1. The summed E-state index contributed by atoms with van der Waals surface area (Å²) in [4.78, 5) is 25.9. The highest BCUT2D eigenvalue weighted by Crippen LogP contribution is 2.36. The van der Waals surface area contributed by atoms with Crippen LogP contribution in [0.15, 0.2) is 17.0 Å². The fraction of sp³-hybridized carbons (Fsp3) is 0.533. The summed E-state index contributed by atoms with van der Waals surface area (Å²) in [5.74, 6) is 0.0702. The van der Waals surface area contributed by atoms with Crippen LogP contribution in [0, 0.1) is 15.5 Å². The lowest BCUT2D eigenvalue weighted by atomic mass is 9.90. The Kier molecular flexibility index (Phi) is 6.88. The Labute approximate surface area is 151 Å². The largest absolute Gasteiger partial charge is 0.495 e. The van der Waals surface area contributed by atoms with Crippen molar-refractivity contribution in [1.29, 1.82) is 0 Å². The molecule has 0 aromatic heterocycles. The molecule has 1 unspecified atom stereocenters. The molecule has 24 heavy (non-hydrogen) atoms. The first-order valence-corrected chi connectivity index (χ1v) is 8.47. The lowest BCUT2D eigenvalue weighted by molar-refractivity contribution is -0.385. The molecular weight excluding hydrogens is 354 g/mol. The molecule has 1 amide bonds. The van der Waals surface area contributed by atoms with Crippen molar-refractivity contribution >= 4 is 35.8 Å². The van der Waals surface area contributed by atoms with E-state index in [1.54, 1.807) is 11.0 Å². The molecule has 1 aliphatic heterocycles. The number of carbonyl (C=O) groups excluding carboxylic acids is 1. The molecule has 0 saturated carbocycles. The van der Waals surface area contributed by atoms with Gasteiger partial charge in [-0.1, -0.05) is 6.92 Å². The number of rotatable bonds is 5. The van der Waals surface area contributed by atoms with Gasteiger partial charge in [-0.15, -0.1) is 24.2 Å². The van der Waals surface area contributed by atoms with Crippen molar-refractivity contribution in [3.05, 3.63) is 27.8 Å². The van der Waals surface area contributed by atoms with Crippen molar-refractivity contribution in [3.8, 4) is 5.75 Å². The summed E-state index contributed by atoms with van der Waals surface area (Å²) >= 11 is 1.38. The monoisotopic (exact) mass is 375 g/mol. The van der Waals surface area contributed by atoms with Crippen molar-refractivity contribution in [3.63, 3.8) is 0 Å². The van der Waals surface area contributed by atoms with E-state index in [0.717, 1.165) is 6.42 Å². The van der Waals surface area contributed by atoms with E-state index in [2.05, 4.69) is 0 Å². The summed E-state index contributed by atoms with van der Waals surface area (Å²) in [5.41, 5.74) is 5.51. The van der Waals surface area contributed by atoms with Crippen LogP contribution >= 0.6 is 24.2 Å². The van der Waals surface area contributed by atoms with E-state index in [-0.39, 0.29) is 35.0 Å². The molecule has 0 aliphatic carbocycles. The number of amides is 1. The number of thioether (sulfide) groups is 1. The Bertz CT molecular complexity index is 643. The number of nitro groups is 1. The molecule has 134 valence electrons. The number of hydrogen-bond donors (Lipinski definition) is 1. The molecule has 2 rings (SSSR count). The minimum atomic E-state index is -0.544. The predicted octanol–water partition coefficient (Wildman–Crippen LogP) is 2.56. The predicted molar refractivity (Wildman–Crippen MR) is 96.4 cm³/mol. The Morgan fingerprint density at radius 3 is 2.67 bits per heavy atom. The number of nitrogens with two attached hydrogens (primary N) is 1. The van der Waals surface area contributed by atoms with Crippen molar-refractivity contribution in [2.24, 2.45) is 11.1 Å². The molecule has 0 radical (unpaired) electrons. The quantitative estimate of drug-likeness (QED) is 0.482. The van der Waals surface area contributed by atoms with Crippen LogP contribution in [0.25, 0.3) is 0 Å².